The molecule has 0 spiro atoms. The summed E-state index contributed by atoms with van der Waals surface area (Å²) in [6.45, 7) is 1.65. The van der Waals surface area contributed by atoms with Crippen LogP contribution in [0.3, 0.4) is 0 Å². The van der Waals surface area contributed by atoms with E-state index in [0.717, 1.165) is 0 Å². The molecule has 0 aliphatic rings. The Balaban J connectivity index is 2.45. The van der Waals surface area contributed by atoms with E-state index in [0.29, 0.717) is 22.8 Å². The van der Waals surface area contributed by atoms with Gasteiger partial charge < -0.3 is 9.84 Å². The minimum absolute atomic E-state index is 0.519. The van der Waals surface area contributed by atoms with E-state index in [1.165, 1.54) is 0 Å². The smallest absolute Gasteiger partial charge is 0.137 e. The fraction of sp³-hybridized carbons (Fsp3) is 0.250. The van der Waals surface area contributed by atoms with Crippen LogP contribution in [0, 0.1) is 0 Å². The van der Waals surface area contributed by atoms with Crippen LogP contribution in [0.4, 0.5) is 0 Å². The van der Waals surface area contributed by atoms with Crippen LogP contribution in [0.1, 0.15) is 18.7 Å². The Kier molecular flexibility index (Phi) is 3.30. The molecule has 88 valence electrons. The maximum Gasteiger partial charge on any atom is 0.137 e. The fourth-order valence-electron chi connectivity index (χ4n) is 1.49. The number of hydrogen-bond acceptors (Lipinski definition) is 5. The zero-order valence-corrected chi connectivity index (χ0v) is 9.66. The molecule has 5 heteroatoms. The van der Waals surface area contributed by atoms with Crippen molar-refractivity contribution in [2.75, 3.05) is 7.11 Å². The number of aliphatic hydroxyl groups is 1. The lowest BCUT2D eigenvalue weighted by Gasteiger charge is -2.09. The summed E-state index contributed by atoms with van der Waals surface area (Å²) in [6.07, 6.45) is 4.06. The van der Waals surface area contributed by atoms with Gasteiger partial charge in [-0.05, 0) is 19.1 Å². The molecule has 0 bridgehead atoms. The lowest BCUT2D eigenvalue weighted by molar-refractivity contribution is 0.194. The molecule has 2 heterocycles. The third-order valence-electron chi connectivity index (χ3n) is 2.34. The number of aliphatic hydroxyl groups excluding tert-OH is 1. The standard InChI is InChI=1S/C12H13N3O2/c1-8(16)11-12(14-6-5-13-11)10-4-3-9(17-2)7-15-10/h3-8,16H,1-2H3/t8-/m1/s1. The van der Waals surface area contributed by atoms with Crippen molar-refractivity contribution >= 4 is 0 Å². The molecular formula is C12H13N3O2. The second-order valence-corrected chi connectivity index (χ2v) is 3.55. The van der Waals surface area contributed by atoms with E-state index in [4.69, 9.17) is 4.74 Å². The third-order valence-corrected chi connectivity index (χ3v) is 2.34. The van der Waals surface area contributed by atoms with E-state index in [1.54, 1.807) is 44.8 Å². The van der Waals surface area contributed by atoms with Crippen LogP contribution in [-0.4, -0.2) is 27.2 Å². The second kappa shape index (κ2) is 4.88. The van der Waals surface area contributed by atoms with E-state index in [1.807, 2.05) is 0 Å². The Bertz CT molecular complexity index is 497. The van der Waals surface area contributed by atoms with Gasteiger partial charge in [0.05, 0.1) is 30.8 Å². The quantitative estimate of drug-likeness (QED) is 0.869. The Morgan fingerprint density at radius 3 is 2.53 bits per heavy atom. The predicted molar refractivity (Wildman–Crippen MR) is 62.4 cm³/mol. The lowest BCUT2D eigenvalue weighted by Crippen LogP contribution is -2.01. The van der Waals surface area contributed by atoms with Crippen molar-refractivity contribution in [2.45, 2.75) is 13.0 Å². The molecule has 2 aromatic rings. The van der Waals surface area contributed by atoms with Gasteiger partial charge in [-0.1, -0.05) is 0 Å². The molecule has 1 N–H and O–H groups in total. The minimum Gasteiger partial charge on any atom is -0.495 e. The van der Waals surface area contributed by atoms with Gasteiger partial charge in [-0.3, -0.25) is 15.0 Å². The van der Waals surface area contributed by atoms with Crippen molar-refractivity contribution in [3.63, 3.8) is 0 Å². The van der Waals surface area contributed by atoms with E-state index < -0.39 is 6.10 Å². The van der Waals surface area contributed by atoms with E-state index in [9.17, 15) is 5.11 Å². The molecule has 0 aliphatic heterocycles. The van der Waals surface area contributed by atoms with E-state index in [-0.39, 0.29) is 0 Å². The van der Waals surface area contributed by atoms with Crippen LogP contribution in [-0.2, 0) is 0 Å². The van der Waals surface area contributed by atoms with Gasteiger partial charge in [-0.2, -0.15) is 0 Å². The summed E-state index contributed by atoms with van der Waals surface area (Å²) in [6, 6.07) is 3.58. The van der Waals surface area contributed by atoms with Gasteiger partial charge in [-0.25, -0.2) is 0 Å². The van der Waals surface area contributed by atoms with Gasteiger partial charge in [0.2, 0.25) is 0 Å². The molecule has 17 heavy (non-hydrogen) atoms. The highest BCUT2D eigenvalue weighted by Crippen LogP contribution is 2.23. The van der Waals surface area contributed by atoms with E-state index >= 15 is 0 Å². The topological polar surface area (TPSA) is 68.1 Å². The first-order valence-electron chi connectivity index (χ1n) is 5.21. The average molecular weight is 231 g/mol. The highest BCUT2D eigenvalue weighted by atomic mass is 16.5. The summed E-state index contributed by atoms with van der Waals surface area (Å²) in [5, 5.41) is 9.61. The van der Waals surface area contributed by atoms with Crippen LogP contribution in [0.25, 0.3) is 11.4 Å². The number of pyridine rings is 1. The summed E-state index contributed by atoms with van der Waals surface area (Å²) in [5.74, 6) is 0.677. The number of aromatic nitrogens is 3. The fourth-order valence-corrected chi connectivity index (χ4v) is 1.49. The van der Waals surface area contributed by atoms with Crippen molar-refractivity contribution in [1.82, 2.24) is 15.0 Å². The van der Waals surface area contributed by atoms with Crippen molar-refractivity contribution in [3.8, 4) is 17.1 Å². The van der Waals surface area contributed by atoms with Crippen LogP contribution in [0.15, 0.2) is 30.7 Å². The summed E-state index contributed by atoms with van der Waals surface area (Å²) < 4.78 is 5.03. The van der Waals surface area contributed by atoms with Crippen molar-refractivity contribution < 1.29 is 9.84 Å². The molecule has 0 saturated carbocycles. The van der Waals surface area contributed by atoms with Crippen LogP contribution < -0.4 is 4.74 Å². The number of rotatable bonds is 3. The maximum atomic E-state index is 9.61. The van der Waals surface area contributed by atoms with Gasteiger partial charge in [0.1, 0.15) is 11.4 Å². The summed E-state index contributed by atoms with van der Waals surface area (Å²) in [7, 11) is 1.58. The largest absolute Gasteiger partial charge is 0.495 e. The first-order valence-corrected chi connectivity index (χ1v) is 5.21. The molecule has 1 atom stereocenters. The molecular weight excluding hydrogens is 218 g/mol. The van der Waals surface area contributed by atoms with Crippen molar-refractivity contribution in [3.05, 3.63) is 36.4 Å². The minimum atomic E-state index is -0.678. The van der Waals surface area contributed by atoms with Crippen molar-refractivity contribution in [2.24, 2.45) is 0 Å². The van der Waals surface area contributed by atoms with Crippen molar-refractivity contribution in [1.29, 1.82) is 0 Å². The predicted octanol–water partition coefficient (Wildman–Crippen LogP) is 1.60. The molecule has 0 radical (unpaired) electrons. The number of methoxy groups -OCH3 is 1. The zero-order chi connectivity index (χ0) is 12.3. The Morgan fingerprint density at radius 1 is 1.18 bits per heavy atom. The highest BCUT2D eigenvalue weighted by Gasteiger charge is 2.13. The first-order chi connectivity index (χ1) is 8.22. The molecule has 2 aromatic heterocycles. The van der Waals surface area contributed by atoms with Gasteiger partial charge >= 0.3 is 0 Å². The molecule has 0 saturated heterocycles. The highest BCUT2D eigenvalue weighted by molar-refractivity contribution is 5.57. The molecule has 2 rings (SSSR count). The average Bonchev–Trinajstić information content (AvgIpc) is 2.39. The van der Waals surface area contributed by atoms with Gasteiger partial charge in [-0.15, -0.1) is 0 Å². The number of nitrogens with zero attached hydrogens (tertiary/aromatic N) is 3. The third kappa shape index (κ3) is 2.39. The Labute approximate surface area is 99.2 Å². The van der Waals surface area contributed by atoms with E-state index in [2.05, 4.69) is 15.0 Å². The molecule has 0 aliphatic carbocycles. The normalized spacial score (nSPS) is 12.2. The summed E-state index contributed by atoms with van der Waals surface area (Å²) in [5.41, 5.74) is 1.77. The Morgan fingerprint density at radius 2 is 1.94 bits per heavy atom. The van der Waals surface area contributed by atoms with Crippen LogP contribution >= 0.6 is 0 Å². The SMILES string of the molecule is COc1ccc(-c2nccnc2[C@@H](C)O)nc1. The second-order valence-electron chi connectivity index (χ2n) is 3.55. The maximum absolute atomic E-state index is 9.61. The lowest BCUT2D eigenvalue weighted by atomic mass is 10.1. The monoisotopic (exact) mass is 231 g/mol. The molecule has 0 unspecified atom stereocenters. The van der Waals surface area contributed by atoms with Gasteiger partial charge in [0, 0.05) is 12.4 Å². The van der Waals surface area contributed by atoms with Crippen LogP contribution in [0.2, 0.25) is 0 Å². The van der Waals surface area contributed by atoms with Gasteiger partial charge in [0.25, 0.3) is 0 Å². The Hall–Kier alpha value is -2.01. The molecule has 0 aromatic carbocycles. The number of hydrogen-bond donors (Lipinski definition) is 1. The molecule has 0 amide bonds. The van der Waals surface area contributed by atoms with Crippen LogP contribution in [0.5, 0.6) is 5.75 Å². The molecule has 0 fully saturated rings. The summed E-state index contributed by atoms with van der Waals surface area (Å²) >= 11 is 0. The number of ether oxygens (including phenoxy) is 1. The van der Waals surface area contributed by atoms with Gasteiger partial charge in [0.15, 0.2) is 0 Å². The first kappa shape index (κ1) is 11.5. The zero-order valence-electron chi connectivity index (χ0n) is 9.66. The molecule has 5 nitrogen and oxygen atoms in total. The summed E-state index contributed by atoms with van der Waals surface area (Å²) in [4.78, 5) is 12.5.